The van der Waals surface area contributed by atoms with Crippen molar-refractivity contribution in [2.24, 2.45) is 5.92 Å². The summed E-state index contributed by atoms with van der Waals surface area (Å²) in [5, 5.41) is 3.09. The molecule has 1 N–H and O–H groups in total. The van der Waals surface area contributed by atoms with E-state index < -0.39 is 0 Å². The fourth-order valence-corrected chi connectivity index (χ4v) is 2.68. The number of rotatable bonds is 7. The Kier molecular flexibility index (Phi) is 6.63. The molecule has 2 unspecified atom stereocenters. The van der Waals surface area contributed by atoms with Crippen molar-refractivity contribution in [1.82, 2.24) is 9.88 Å². The van der Waals surface area contributed by atoms with Crippen molar-refractivity contribution in [3.8, 4) is 0 Å². The van der Waals surface area contributed by atoms with E-state index >= 15 is 0 Å². The molecule has 1 heterocycles. The zero-order chi connectivity index (χ0) is 14.4. The Bertz CT molecular complexity index is 414. The first-order valence-corrected chi connectivity index (χ1v) is 7.93. The van der Waals surface area contributed by atoms with Gasteiger partial charge in [0.25, 0.3) is 5.91 Å². The topological polar surface area (TPSA) is 34.0 Å². The van der Waals surface area contributed by atoms with Crippen LogP contribution in [0.2, 0.25) is 0 Å². The summed E-state index contributed by atoms with van der Waals surface area (Å²) in [7, 11) is 0. The van der Waals surface area contributed by atoms with Crippen molar-refractivity contribution in [3.63, 3.8) is 0 Å². The minimum Gasteiger partial charge on any atom is -0.348 e. The van der Waals surface area contributed by atoms with E-state index in [1.165, 1.54) is 0 Å². The van der Waals surface area contributed by atoms with Gasteiger partial charge in [-0.15, -0.1) is 0 Å². The molecule has 0 radical (unpaired) electrons. The van der Waals surface area contributed by atoms with Crippen LogP contribution in [0.4, 0.5) is 0 Å². The van der Waals surface area contributed by atoms with Gasteiger partial charge in [-0.2, -0.15) is 0 Å². The zero-order valence-corrected chi connectivity index (χ0v) is 14.0. The lowest BCUT2D eigenvalue weighted by Gasteiger charge is -2.18. The summed E-state index contributed by atoms with van der Waals surface area (Å²) < 4.78 is 2.97. The average Bonchev–Trinajstić information content (AvgIpc) is 2.70. The molecule has 0 spiro atoms. The van der Waals surface area contributed by atoms with E-state index in [2.05, 4.69) is 48.9 Å². The SMILES string of the molecule is CCCn1cc(Br)cc1C(=O)NC(C)CC(C)CC. The summed E-state index contributed by atoms with van der Waals surface area (Å²) in [5.41, 5.74) is 0.740. The van der Waals surface area contributed by atoms with Gasteiger partial charge in [-0.3, -0.25) is 4.79 Å². The van der Waals surface area contributed by atoms with Crippen molar-refractivity contribution >= 4 is 21.8 Å². The van der Waals surface area contributed by atoms with Gasteiger partial charge >= 0.3 is 0 Å². The molecule has 0 fully saturated rings. The van der Waals surface area contributed by atoms with E-state index in [4.69, 9.17) is 0 Å². The molecule has 1 amide bonds. The molecular formula is C15H25BrN2O. The number of hydrogen-bond donors (Lipinski definition) is 1. The number of aromatic nitrogens is 1. The molecule has 0 aliphatic carbocycles. The molecular weight excluding hydrogens is 304 g/mol. The van der Waals surface area contributed by atoms with Crippen LogP contribution in [-0.4, -0.2) is 16.5 Å². The lowest BCUT2D eigenvalue weighted by Crippen LogP contribution is -2.34. The molecule has 0 saturated heterocycles. The highest BCUT2D eigenvalue weighted by molar-refractivity contribution is 9.10. The van der Waals surface area contributed by atoms with Crippen molar-refractivity contribution in [1.29, 1.82) is 0 Å². The van der Waals surface area contributed by atoms with Crippen LogP contribution in [-0.2, 0) is 6.54 Å². The number of carbonyl (C=O) groups is 1. The second-order valence-corrected chi connectivity index (χ2v) is 6.28. The molecule has 1 aromatic heterocycles. The molecule has 0 aliphatic heterocycles. The molecule has 0 bridgehead atoms. The van der Waals surface area contributed by atoms with Gasteiger partial charge in [0, 0.05) is 23.3 Å². The highest BCUT2D eigenvalue weighted by atomic mass is 79.9. The first-order valence-electron chi connectivity index (χ1n) is 7.14. The van der Waals surface area contributed by atoms with Gasteiger partial charge in [0.15, 0.2) is 0 Å². The standard InChI is InChI=1S/C15H25BrN2O/c1-5-7-18-10-13(16)9-14(18)15(19)17-12(4)8-11(3)6-2/h9-12H,5-8H2,1-4H3,(H,17,19). The predicted molar refractivity (Wildman–Crippen MR) is 83.4 cm³/mol. The molecule has 0 aliphatic rings. The Morgan fingerprint density at radius 1 is 1.42 bits per heavy atom. The summed E-state index contributed by atoms with van der Waals surface area (Å²) in [5.74, 6) is 0.666. The van der Waals surface area contributed by atoms with E-state index in [1.807, 2.05) is 16.8 Å². The molecule has 108 valence electrons. The smallest absolute Gasteiger partial charge is 0.268 e. The Balaban J connectivity index is 2.67. The van der Waals surface area contributed by atoms with Gasteiger partial charge in [0.1, 0.15) is 5.69 Å². The average molecular weight is 329 g/mol. The second kappa shape index (κ2) is 7.73. The third kappa shape index (κ3) is 5.01. The van der Waals surface area contributed by atoms with E-state index in [0.29, 0.717) is 5.92 Å². The molecule has 4 heteroatoms. The lowest BCUT2D eigenvalue weighted by molar-refractivity contribution is 0.0926. The third-order valence-electron chi connectivity index (χ3n) is 3.39. The first-order chi connectivity index (χ1) is 8.97. The second-order valence-electron chi connectivity index (χ2n) is 5.36. The maximum absolute atomic E-state index is 12.3. The highest BCUT2D eigenvalue weighted by Gasteiger charge is 2.16. The maximum atomic E-state index is 12.3. The summed E-state index contributed by atoms with van der Waals surface area (Å²) in [6, 6.07) is 2.10. The molecule has 2 atom stereocenters. The van der Waals surface area contributed by atoms with E-state index in [-0.39, 0.29) is 11.9 Å². The van der Waals surface area contributed by atoms with Crippen LogP contribution in [0.1, 0.15) is 57.4 Å². The minimum absolute atomic E-state index is 0.0231. The van der Waals surface area contributed by atoms with Crippen LogP contribution in [0.15, 0.2) is 16.7 Å². The Hall–Kier alpha value is -0.770. The number of carbonyl (C=O) groups excluding carboxylic acids is 1. The fourth-order valence-electron chi connectivity index (χ4n) is 2.22. The minimum atomic E-state index is 0.0231. The number of halogens is 1. The molecule has 0 aromatic carbocycles. The third-order valence-corrected chi connectivity index (χ3v) is 3.82. The number of hydrogen-bond acceptors (Lipinski definition) is 1. The predicted octanol–water partition coefficient (Wildman–Crippen LogP) is 4.22. The number of amides is 1. The summed E-state index contributed by atoms with van der Waals surface area (Å²) in [6.07, 6.45) is 5.16. The van der Waals surface area contributed by atoms with Crippen LogP contribution in [0, 0.1) is 5.92 Å². The monoisotopic (exact) mass is 328 g/mol. The van der Waals surface area contributed by atoms with Crippen molar-refractivity contribution in [2.45, 2.75) is 59.5 Å². The van der Waals surface area contributed by atoms with Crippen LogP contribution in [0.25, 0.3) is 0 Å². The van der Waals surface area contributed by atoms with Crippen molar-refractivity contribution in [2.75, 3.05) is 0 Å². The maximum Gasteiger partial charge on any atom is 0.268 e. The Labute approximate surface area is 124 Å². The molecule has 19 heavy (non-hydrogen) atoms. The highest BCUT2D eigenvalue weighted by Crippen LogP contribution is 2.16. The first kappa shape index (κ1) is 16.3. The normalized spacial score (nSPS) is 14.2. The Morgan fingerprint density at radius 3 is 2.68 bits per heavy atom. The van der Waals surface area contributed by atoms with Gasteiger partial charge in [0.05, 0.1) is 0 Å². The lowest BCUT2D eigenvalue weighted by atomic mass is 10.0. The van der Waals surface area contributed by atoms with Gasteiger partial charge in [0.2, 0.25) is 0 Å². The van der Waals surface area contributed by atoms with E-state index in [1.54, 1.807) is 0 Å². The molecule has 1 rings (SSSR count). The number of nitrogens with one attached hydrogen (secondary N) is 1. The fraction of sp³-hybridized carbons (Fsp3) is 0.667. The van der Waals surface area contributed by atoms with Gasteiger partial charge in [-0.1, -0.05) is 27.2 Å². The summed E-state index contributed by atoms with van der Waals surface area (Å²) in [6.45, 7) is 9.46. The van der Waals surface area contributed by atoms with Crippen LogP contribution in [0.3, 0.4) is 0 Å². The molecule has 1 aromatic rings. The quantitative estimate of drug-likeness (QED) is 0.799. The van der Waals surface area contributed by atoms with Crippen LogP contribution >= 0.6 is 15.9 Å². The van der Waals surface area contributed by atoms with E-state index in [0.717, 1.165) is 36.0 Å². The van der Waals surface area contributed by atoms with Crippen molar-refractivity contribution < 1.29 is 4.79 Å². The van der Waals surface area contributed by atoms with Crippen molar-refractivity contribution in [3.05, 3.63) is 22.4 Å². The van der Waals surface area contributed by atoms with Gasteiger partial charge in [-0.25, -0.2) is 0 Å². The van der Waals surface area contributed by atoms with E-state index in [9.17, 15) is 4.79 Å². The zero-order valence-electron chi connectivity index (χ0n) is 12.4. The molecule has 0 saturated carbocycles. The number of nitrogens with zero attached hydrogens (tertiary/aromatic N) is 1. The van der Waals surface area contributed by atoms with Crippen LogP contribution in [0.5, 0.6) is 0 Å². The van der Waals surface area contributed by atoms with Crippen LogP contribution < -0.4 is 5.32 Å². The Morgan fingerprint density at radius 2 is 2.11 bits per heavy atom. The number of aryl methyl sites for hydroxylation is 1. The largest absolute Gasteiger partial charge is 0.348 e. The summed E-state index contributed by atoms with van der Waals surface area (Å²) in [4.78, 5) is 12.3. The van der Waals surface area contributed by atoms with Gasteiger partial charge < -0.3 is 9.88 Å². The molecule has 3 nitrogen and oxygen atoms in total. The van der Waals surface area contributed by atoms with Gasteiger partial charge in [-0.05, 0) is 47.7 Å². The summed E-state index contributed by atoms with van der Waals surface area (Å²) >= 11 is 3.44.